The van der Waals surface area contributed by atoms with Crippen molar-refractivity contribution in [2.75, 3.05) is 30.4 Å². The zero-order chi connectivity index (χ0) is 32.8. The van der Waals surface area contributed by atoms with Crippen LogP contribution in [0.25, 0.3) is 0 Å². The van der Waals surface area contributed by atoms with Crippen LogP contribution in [-0.4, -0.2) is 63.7 Å². The van der Waals surface area contributed by atoms with Gasteiger partial charge in [0.15, 0.2) is 9.84 Å². The first kappa shape index (κ1) is 34.1. The van der Waals surface area contributed by atoms with Gasteiger partial charge in [0.05, 0.1) is 42.0 Å². The van der Waals surface area contributed by atoms with E-state index in [1.807, 2.05) is 4.90 Å². The van der Waals surface area contributed by atoms with Crippen molar-refractivity contribution in [1.82, 2.24) is 5.32 Å². The van der Waals surface area contributed by atoms with Crippen LogP contribution in [0.1, 0.15) is 47.3 Å². The molecule has 3 aromatic rings. The normalized spacial score (nSPS) is 17.8. The molecule has 1 aliphatic heterocycles. The highest BCUT2D eigenvalue weighted by Crippen LogP contribution is 2.33. The Balaban J connectivity index is 1.44. The molecule has 1 fully saturated rings. The Morgan fingerprint density at radius 2 is 1.67 bits per heavy atom. The number of hydrogen-bond acceptors (Lipinski definition) is 7. The molecule has 45 heavy (non-hydrogen) atoms. The molecular weight excluding hydrogens is 623 g/mol. The minimum atomic E-state index is -4.48. The Kier molecular flexibility index (Phi) is 11.0. The summed E-state index contributed by atoms with van der Waals surface area (Å²) < 4.78 is 98.5. The maximum atomic E-state index is 13.0. The molecular formula is C31H33F5N2O6S. The predicted molar refractivity (Wildman–Crippen MR) is 156 cm³/mol. The number of ether oxygens (including phenoxy) is 2. The van der Waals surface area contributed by atoms with E-state index < -0.39 is 52.8 Å². The van der Waals surface area contributed by atoms with E-state index in [2.05, 4.69) is 10.1 Å². The van der Waals surface area contributed by atoms with Crippen molar-refractivity contribution in [2.45, 2.75) is 55.6 Å². The quantitative estimate of drug-likeness (QED) is 0.230. The lowest BCUT2D eigenvalue weighted by Gasteiger charge is -2.26. The summed E-state index contributed by atoms with van der Waals surface area (Å²) in [6.07, 6.45) is -4.31. The van der Waals surface area contributed by atoms with Gasteiger partial charge in [-0.25, -0.2) is 8.42 Å². The lowest BCUT2D eigenvalue weighted by Crippen LogP contribution is -2.32. The van der Waals surface area contributed by atoms with E-state index in [1.54, 1.807) is 24.3 Å². The summed E-state index contributed by atoms with van der Waals surface area (Å²) >= 11 is 0. The molecule has 3 atom stereocenters. The number of sulfone groups is 1. The Hall–Kier alpha value is -3.75. The highest BCUT2D eigenvalue weighted by Gasteiger charge is 2.34. The van der Waals surface area contributed by atoms with E-state index >= 15 is 0 Å². The second-order valence-electron chi connectivity index (χ2n) is 10.5. The van der Waals surface area contributed by atoms with Gasteiger partial charge in [0.2, 0.25) is 0 Å². The molecule has 1 heterocycles. The fourth-order valence-corrected chi connectivity index (χ4v) is 6.00. The SMILES string of the molecule is CCS(=O)(=O)c1ccc([C@H](CO)NC(=O)c2ccc(N3C[C@@H](Oc4ccc(C(F)(F)F)cc4)C[C@H]3CCOC(F)F)cc2)cc1. The molecule has 1 amide bonds. The molecule has 0 aliphatic carbocycles. The molecule has 1 saturated heterocycles. The molecule has 0 spiro atoms. The Bertz CT molecular complexity index is 1520. The predicted octanol–water partition coefficient (Wildman–Crippen LogP) is 5.62. The van der Waals surface area contributed by atoms with Crippen LogP contribution in [0.3, 0.4) is 0 Å². The van der Waals surface area contributed by atoms with E-state index in [0.29, 0.717) is 24.2 Å². The van der Waals surface area contributed by atoms with Crippen molar-refractivity contribution in [1.29, 1.82) is 0 Å². The summed E-state index contributed by atoms with van der Waals surface area (Å²) in [6, 6.07) is 15.6. The van der Waals surface area contributed by atoms with Crippen LogP contribution in [0.15, 0.2) is 77.7 Å². The first-order valence-electron chi connectivity index (χ1n) is 14.2. The number of carbonyl (C=O) groups excluding carboxylic acids is 1. The third kappa shape index (κ3) is 8.92. The monoisotopic (exact) mass is 656 g/mol. The highest BCUT2D eigenvalue weighted by molar-refractivity contribution is 7.91. The summed E-state index contributed by atoms with van der Waals surface area (Å²) in [6.45, 7) is -1.74. The fourth-order valence-electron chi connectivity index (χ4n) is 5.11. The minimum absolute atomic E-state index is 0.0585. The van der Waals surface area contributed by atoms with Gasteiger partial charge in [-0.15, -0.1) is 0 Å². The number of benzene rings is 3. The maximum absolute atomic E-state index is 13.0. The van der Waals surface area contributed by atoms with Crippen molar-refractivity contribution >= 4 is 21.4 Å². The summed E-state index contributed by atoms with van der Waals surface area (Å²) in [5.41, 5.74) is 0.650. The molecule has 0 radical (unpaired) electrons. The standard InChI is InChI=1S/C31H33F5N2O6S/c1-2-45(41,42)27-13-5-20(6-14-27)28(19-39)37-29(40)21-3-9-23(10-4-21)38-18-26(17-24(38)15-16-43-30(32)33)44-25-11-7-22(8-12-25)31(34,35)36/h3-14,24,26,28,30,39H,2,15-19H2,1H3,(H,37,40)/t24-,26+,28+/m1/s1. The number of amides is 1. The average Bonchev–Trinajstić information content (AvgIpc) is 3.41. The molecule has 1 aliphatic rings. The molecule has 0 saturated carbocycles. The lowest BCUT2D eigenvalue weighted by atomic mass is 10.1. The van der Waals surface area contributed by atoms with Gasteiger partial charge in [-0.2, -0.15) is 22.0 Å². The number of aliphatic hydroxyl groups excluding tert-OH is 1. The number of alkyl halides is 5. The average molecular weight is 657 g/mol. The van der Waals surface area contributed by atoms with Crippen LogP contribution in [0.4, 0.5) is 27.6 Å². The van der Waals surface area contributed by atoms with Gasteiger partial charge in [0, 0.05) is 23.7 Å². The second-order valence-corrected chi connectivity index (χ2v) is 12.7. The third-order valence-electron chi connectivity index (χ3n) is 7.53. The largest absolute Gasteiger partial charge is 0.489 e. The second kappa shape index (κ2) is 14.6. The van der Waals surface area contributed by atoms with Gasteiger partial charge in [-0.3, -0.25) is 4.79 Å². The molecule has 244 valence electrons. The van der Waals surface area contributed by atoms with Crippen LogP contribution in [-0.2, 0) is 20.8 Å². The van der Waals surface area contributed by atoms with Gasteiger partial charge in [-0.1, -0.05) is 19.1 Å². The van der Waals surface area contributed by atoms with Crippen molar-refractivity contribution in [3.05, 3.63) is 89.5 Å². The van der Waals surface area contributed by atoms with Crippen LogP contribution >= 0.6 is 0 Å². The van der Waals surface area contributed by atoms with Crippen molar-refractivity contribution in [2.24, 2.45) is 0 Å². The Labute approximate surface area is 257 Å². The number of halogens is 5. The van der Waals surface area contributed by atoms with E-state index in [9.17, 15) is 40.3 Å². The molecule has 2 N–H and O–H groups in total. The van der Waals surface area contributed by atoms with Crippen LogP contribution < -0.4 is 15.0 Å². The number of hydrogen-bond donors (Lipinski definition) is 2. The molecule has 4 rings (SSSR count). The fraction of sp³-hybridized carbons (Fsp3) is 0.387. The Morgan fingerprint density at radius 1 is 1.02 bits per heavy atom. The number of rotatable bonds is 13. The number of anilines is 1. The van der Waals surface area contributed by atoms with Crippen LogP contribution in [0.2, 0.25) is 0 Å². The molecule has 0 unspecified atom stereocenters. The van der Waals surface area contributed by atoms with Gasteiger partial charge in [-0.05, 0) is 72.6 Å². The van der Waals surface area contributed by atoms with E-state index in [1.165, 1.54) is 43.3 Å². The van der Waals surface area contributed by atoms with Crippen molar-refractivity contribution < 1.29 is 49.7 Å². The van der Waals surface area contributed by atoms with Gasteiger partial charge >= 0.3 is 12.8 Å². The van der Waals surface area contributed by atoms with Gasteiger partial charge in [0.25, 0.3) is 5.91 Å². The molecule has 0 bridgehead atoms. The number of nitrogens with one attached hydrogen (secondary N) is 1. The smallest absolute Gasteiger partial charge is 0.416 e. The first-order valence-corrected chi connectivity index (χ1v) is 15.8. The lowest BCUT2D eigenvalue weighted by molar-refractivity contribution is -0.137. The topological polar surface area (TPSA) is 105 Å². The summed E-state index contributed by atoms with van der Waals surface area (Å²) in [7, 11) is -3.40. The number of nitrogens with zero attached hydrogens (tertiary/aromatic N) is 1. The highest BCUT2D eigenvalue weighted by atomic mass is 32.2. The molecule has 3 aromatic carbocycles. The van der Waals surface area contributed by atoms with Gasteiger partial charge in [0.1, 0.15) is 11.9 Å². The van der Waals surface area contributed by atoms with E-state index in [-0.39, 0.29) is 41.0 Å². The zero-order valence-corrected chi connectivity index (χ0v) is 25.0. The summed E-state index contributed by atoms with van der Waals surface area (Å²) in [5, 5.41) is 12.6. The summed E-state index contributed by atoms with van der Waals surface area (Å²) in [4.78, 5) is 15.0. The summed E-state index contributed by atoms with van der Waals surface area (Å²) in [5.74, 6) is -0.307. The minimum Gasteiger partial charge on any atom is -0.489 e. The zero-order valence-electron chi connectivity index (χ0n) is 24.2. The maximum Gasteiger partial charge on any atom is 0.416 e. The first-order chi connectivity index (χ1) is 21.3. The van der Waals surface area contributed by atoms with Crippen molar-refractivity contribution in [3.8, 4) is 5.75 Å². The molecule has 14 heteroatoms. The van der Waals surface area contributed by atoms with E-state index in [0.717, 1.165) is 12.1 Å². The number of carbonyl (C=O) groups is 1. The van der Waals surface area contributed by atoms with Crippen LogP contribution in [0, 0.1) is 0 Å². The Morgan fingerprint density at radius 3 is 2.22 bits per heavy atom. The number of aliphatic hydroxyl groups is 1. The van der Waals surface area contributed by atoms with Crippen molar-refractivity contribution in [3.63, 3.8) is 0 Å². The third-order valence-corrected chi connectivity index (χ3v) is 9.28. The van der Waals surface area contributed by atoms with Crippen LogP contribution in [0.5, 0.6) is 5.75 Å². The molecule has 8 nitrogen and oxygen atoms in total. The van der Waals surface area contributed by atoms with E-state index in [4.69, 9.17) is 4.74 Å². The molecule has 0 aromatic heterocycles. The van der Waals surface area contributed by atoms with Gasteiger partial charge < -0.3 is 24.8 Å².